The molecular formula is C16H17NO2S. The molecule has 1 aromatic heterocycles. The highest BCUT2D eigenvalue weighted by atomic mass is 32.1. The second kappa shape index (κ2) is 6.29. The van der Waals surface area contributed by atoms with E-state index in [-0.39, 0.29) is 5.78 Å². The molecule has 2 aromatic rings. The number of hydrogen-bond donors (Lipinski definition) is 0. The summed E-state index contributed by atoms with van der Waals surface area (Å²) in [6, 6.07) is 10.1. The first-order valence-corrected chi connectivity index (χ1v) is 7.78. The van der Waals surface area contributed by atoms with Crippen LogP contribution in [0, 0.1) is 5.92 Å². The second-order valence-electron chi connectivity index (χ2n) is 5.14. The lowest BCUT2D eigenvalue weighted by Gasteiger charge is -2.04. The second-order valence-corrected chi connectivity index (χ2v) is 6.08. The van der Waals surface area contributed by atoms with Crippen molar-refractivity contribution < 1.29 is 9.53 Å². The minimum absolute atomic E-state index is 0.273. The van der Waals surface area contributed by atoms with Crippen LogP contribution in [0.4, 0.5) is 0 Å². The van der Waals surface area contributed by atoms with Crippen LogP contribution in [0.15, 0.2) is 35.7 Å². The molecule has 0 N–H and O–H groups in total. The van der Waals surface area contributed by atoms with Crippen molar-refractivity contribution in [1.82, 2.24) is 4.98 Å². The van der Waals surface area contributed by atoms with Gasteiger partial charge in [-0.1, -0.05) is 30.3 Å². The molecule has 104 valence electrons. The van der Waals surface area contributed by atoms with Gasteiger partial charge in [-0.3, -0.25) is 4.79 Å². The van der Waals surface area contributed by atoms with E-state index in [0.29, 0.717) is 18.8 Å². The number of benzene rings is 1. The lowest BCUT2D eigenvalue weighted by Crippen LogP contribution is -2.10. The molecule has 1 fully saturated rings. The molecule has 0 amide bonds. The number of Topliss-reactive ketones (excluding diaryl/α,β-unsaturated/α-hetero) is 1. The summed E-state index contributed by atoms with van der Waals surface area (Å²) in [7, 11) is 0. The van der Waals surface area contributed by atoms with E-state index in [0.717, 1.165) is 35.9 Å². The molecule has 1 saturated heterocycles. The molecule has 1 aliphatic heterocycles. The van der Waals surface area contributed by atoms with Crippen LogP contribution in [0.2, 0.25) is 0 Å². The van der Waals surface area contributed by atoms with Crippen molar-refractivity contribution in [3.8, 4) is 11.3 Å². The van der Waals surface area contributed by atoms with Gasteiger partial charge in [-0.25, -0.2) is 4.98 Å². The summed E-state index contributed by atoms with van der Waals surface area (Å²) in [4.78, 5) is 16.6. The number of thiazole rings is 1. The predicted molar refractivity (Wildman–Crippen MR) is 79.8 cm³/mol. The van der Waals surface area contributed by atoms with Crippen molar-refractivity contribution in [3.05, 3.63) is 40.7 Å². The molecule has 0 spiro atoms. The Balaban J connectivity index is 1.61. The van der Waals surface area contributed by atoms with E-state index in [1.165, 1.54) is 0 Å². The van der Waals surface area contributed by atoms with Crippen LogP contribution in [-0.4, -0.2) is 24.0 Å². The summed E-state index contributed by atoms with van der Waals surface area (Å²) in [5.41, 5.74) is 2.06. The number of ether oxygens (including phenoxy) is 1. The lowest BCUT2D eigenvalue weighted by atomic mass is 10.0. The third-order valence-corrected chi connectivity index (χ3v) is 4.36. The Bertz CT molecular complexity index is 573. The zero-order valence-corrected chi connectivity index (χ0v) is 12.1. The van der Waals surface area contributed by atoms with Crippen LogP contribution in [0.3, 0.4) is 0 Å². The van der Waals surface area contributed by atoms with Crippen LogP contribution in [0.5, 0.6) is 0 Å². The van der Waals surface area contributed by atoms with Crippen molar-refractivity contribution in [1.29, 1.82) is 0 Å². The maximum absolute atomic E-state index is 12.0. The summed E-state index contributed by atoms with van der Waals surface area (Å²) in [6.07, 6.45) is 2.09. The van der Waals surface area contributed by atoms with E-state index in [1.807, 2.05) is 35.7 Å². The Kier molecular flexibility index (Phi) is 4.23. The Hall–Kier alpha value is -1.52. The molecule has 4 heteroatoms. The first-order chi connectivity index (χ1) is 9.81. The smallest absolute Gasteiger partial charge is 0.140 e. The summed E-state index contributed by atoms with van der Waals surface area (Å²) in [5, 5.41) is 2.93. The van der Waals surface area contributed by atoms with E-state index < -0.39 is 0 Å². The fourth-order valence-corrected chi connectivity index (χ4v) is 3.27. The Morgan fingerprint density at radius 1 is 1.35 bits per heavy atom. The minimum Gasteiger partial charge on any atom is -0.381 e. The third-order valence-electron chi connectivity index (χ3n) is 3.51. The van der Waals surface area contributed by atoms with Gasteiger partial charge in [0.1, 0.15) is 10.8 Å². The van der Waals surface area contributed by atoms with Gasteiger partial charge in [-0.05, 0) is 12.3 Å². The highest BCUT2D eigenvalue weighted by Gasteiger charge is 2.19. The topological polar surface area (TPSA) is 39.2 Å². The summed E-state index contributed by atoms with van der Waals surface area (Å²) < 4.78 is 5.30. The van der Waals surface area contributed by atoms with Gasteiger partial charge in [-0.2, -0.15) is 0 Å². The van der Waals surface area contributed by atoms with Crippen molar-refractivity contribution in [2.75, 3.05) is 13.2 Å². The standard InChI is InChI=1S/C16H17NO2S/c18-14(8-12-6-7-19-10-12)9-16-17-15(11-20-16)13-4-2-1-3-5-13/h1-5,11-12H,6-10H2. The van der Waals surface area contributed by atoms with Crippen molar-refractivity contribution in [3.63, 3.8) is 0 Å². The average Bonchev–Trinajstić information content (AvgIpc) is 3.11. The van der Waals surface area contributed by atoms with E-state index in [1.54, 1.807) is 11.3 Å². The van der Waals surface area contributed by atoms with Gasteiger partial charge in [0.2, 0.25) is 0 Å². The minimum atomic E-state index is 0.273. The summed E-state index contributed by atoms with van der Waals surface area (Å²) in [6.45, 7) is 1.53. The van der Waals surface area contributed by atoms with Gasteiger partial charge in [-0.15, -0.1) is 11.3 Å². The van der Waals surface area contributed by atoms with Gasteiger partial charge in [0.15, 0.2) is 0 Å². The molecule has 20 heavy (non-hydrogen) atoms. The molecule has 0 saturated carbocycles. The molecule has 3 nitrogen and oxygen atoms in total. The molecule has 1 atom stereocenters. The zero-order valence-electron chi connectivity index (χ0n) is 11.2. The number of nitrogens with zero attached hydrogens (tertiary/aromatic N) is 1. The average molecular weight is 287 g/mol. The van der Waals surface area contributed by atoms with Crippen molar-refractivity contribution in [2.24, 2.45) is 5.92 Å². The van der Waals surface area contributed by atoms with Crippen LogP contribution < -0.4 is 0 Å². The summed E-state index contributed by atoms with van der Waals surface area (Å²) >= 11 is 1.57. The van der Waals surface area contributed by atoms with Crippen molar-refractivity contribution >= 4 is 17.1 Å². The number of carbonyl (C=O) groups excluding carboxylic acids is 1. The molecule has 2 heterocycles. The van der Waals surface area contributed by atoms with Gasteiger partial charge < -0.3 is 4.74 Å². The number of aromatic nitrogens is 1. The van der Waals surface area contributed by atoms with E-state index in [9.17, 15) is 4.79 Å². The SMILES string of the molecule is O=C(Cc1nc(-c2ccccc2)cs1)CC1CCOC1. The van der Waals surface area contributed by atoms with Gasteiger partial charge in [0.25, 0.3) is 0 Å². The molecule has 1 aliphatic rings. The molecule has 0 radical (unpaired) electrons. The number of rotatable bonds is 5. The molecule has 0 bridgehead atoms. The summed E-state index contributed by atoms with van der Waals surface area (Å²) in [5.74, 6) is 0.686. The van der Waals surface area contributed by atoms with E-state index >= 15 is 0 Å². The van der Waals surface area contributed by atoms with Crippen LogP contribution >= 0.6 is 11.3 Å². The van der Waals surface area contributed by atoms with Crippen LogP contribution in [0.1, 0.15) is 17.8 Å². The fraction of sp³-hybridized carbons (Fsp3) is 0.375. The lowest BCUT2D eigenvalue weighted by molar-refractivity contribution is -0.119. The Labute approximate surface area is 122 Å². The monoisotopic (exact) mass is 287 g/mol. The van der Waals surface area contributed by atoms with Gasteiger partial charge in [0.05, 0.1) is 12.1 Å². The van der Waals surface area contributed by atoms with Crippen LogP contribution in [0.25, 0.3) is 11.3 Å². The number of carbonyl (C=O) groups is 1. The molecule has 1 aromatic carbocycles. The molecule has 0 aliphatic carbocycles. The predicted octanol–water partition coefficient (Wildman–Crippen LogP) is 3.35. The van der Waals surface area contributed by atoms with Gasteiger partial charge in [0, 0.05) is 30.6 Å². The number of ketones is 1. The Morgan fingerprint density at radius 3 is 2.95 bits per heavy atom. The maximum atomic E-state index is 12.0. The third kappa shape index (κ3) is 3.32. The maximum Gasteiger partial charge on any atom is 0.140 e. The Morgan fingerprint density at radius 2 is 2.20 bits per heavy atom. The highest BCUT2D eigenvalue weighted by molar-refractivity contribution is 7.10. The van der Waals surface area contributed by atoms with E-state index in [4.69, 9.17) is 4.74 Å². The molecule has 3 rings (SSSR count). The zero-order chi connectivity index (χ0) is 13.8. The van der Waals surface area contributed by atoms with Crippen LogP contribution in [-0.2, 0) is 16.0 Å². The highest BCUT2D eigenvalue weighted by Crippen LogP contribution is 2.23. The molecule has 1 unspecified atom stereocenters. The normalized spacial score (nSPS) is 18.3. The largest absolute Gasteiger partial charge is 0.381 e. The quantitative estimate of drug-likeness (QED) is 0.846. The first kappa shape index (κ1) is 13.5. The number of hydrogen-bond acceptors (Lipinski definition) is 4. The first-order valence-electron chi connectivity index (χ1n) is 6.90. The fourth-order valence-electron chi connectivity index (χ4n) is 2.44. The van der Waals surface area contributed by atoms with Gasteiger partial charge >= 0.3 is 0 Å². The molecular weight excluding hydrogens is 270 g/mol. The van der Waals surface area contributed by atoms with Crippen molar-refractivity contribution in [2.45, 2.75) is 19.3 Å². The van der Waals surface area contributed by atoms with E-state index in [2.05, 4.69) is 4.98 Å².